The molecule has 0 aliphatic rings. The molecule has 1 amide bonds. The normalized spacial score (nSPS) is 12.8. The first kappa shape index (κ1) is 17.2. The maximum absolute atomic E-state index is 12.6. The Morgan fingerprint density at radius 1 is 1.19 bits per heavy atom. The van der Waals surface area contributed by atoms with E-state index in [0.717, 1.165) is 6.07 Å². The number of sulfone groups is 1. The Morgan fingerprint density at radius 2 is 1.71 bits per heavy atom. The molecular formula is C14H19NO5S. The Balaban J connectivity index is 3.51. The average Bonchev–Trinajstić information content (AvgIpc) is 2.39. The van der Waals surface area contributed by atoms with Crippen molar-refractivity contribution in [3.05, 3.63) is 28.8 Å². The van der Waals surface area contributed by atoms with Gasteiger partial charge < -0.3 is 10.0 Å². The molecule has 0 heterocycles. The second-order valence-corrected chi connectivity index (χ2v) is 7.38. The third kappa shape index (κ3) is 3.24. The molecule has 116 valence electrons. The fourth-order valence-corrected chi connectivity index (χ4v) is 3.67. The molecule has 0 bridgehead atoms. The lowest BCUT2D eigenvalue weighted by molar-refractivity contribution is -0.127. The number of hydrogen-bond acceptors (Lipinski definition) is 4. The third-order valence-corrected chi connectivity index (χ3v) is 5.60. The minimum absolute atomic E-state index is 0.109. The summed E-state index contributed by atoms with van der Waals surface area (Å²) in [7, 11) is -1.00. The van der Waals surface area contributed by atoms with Gasteiger partial charge in [-0.2, -0.15) is 0 Å². The van der Waals surface area contributed by atoms with Crippen LogP contribution in [0.15, 0.2) is 17.0 Å². The highest BCUT2D eigenvalue weighted by atomic mass is 32.2. The van der Waals surface area contributed by atoms with Crippen LogP contribution in [0.3, 0.4) is 0 Å². The molecule has 0 fully saturated rings. The van der Waals surface area contributed by atoms with Crippen molar-refractivity contribution in [2.75, 3.05) is 14.1 Å². The molecule has 1 N–H and O–H groups in total. The highest BCUT2D eigenvalue weighted by Gasteiger charge is 2.33. The molecule has 0 saturated heterocycles. The molecule has 1 aromatic rings. The van der Waals surface area contributed by atoms with Crippen LogP contribution in [-0.2, 0) is 14.6 Å². The standard InChI is InChI=1S/C14H19NO5S/c1-8-6-11(14(17)18)7-12(9(8)2)21(19,20)10(3)13(16)15(4)5/h6-7,10H,1-5H3,(H,17,18). The van der Waals surface area contributed by atoms with Gasteiger partial charge in [0.1, 0.15) is 5.25 Å². The number of amides is 1. The molecule has 1 rings (SSSR count). The number of carboxylic acid groups (broad SMARTS) is 1. The van der Waals surface area contributed by atoms with E-state index >= 15 is 0 Å². The van der Waals surface area contributed by atoms with Gasteiger partial charge in [0, 0.05) is 14.1 Å². The molecule has 0 saturated carbocycles. The molecule has 1 aromatic carbocycles. The van der Waals surface area contributed by atoms with Crippen molar-refractivity contribution in [3.8, 4) is 0 Å². The lowest BCUT2D eigenvalue weighted by Crippen LogP contribution is -2.37. The summed E-state index contributed by atoms with van der Waals surface area (Å²) in [4.78, 5) is 24.1. The van der Waals surface area contributed by atoms with E-state index in [1.54, 1.807) is 13.8 Å². The third-order valence-electron chi connectivity index (χ3n) is 3.43. The monoisotopic (exact) mass is 313 g/mol. The van der Waals surface area contributed by atoms with E-state index in [9.17, 15) is 18.0 Å². The van der Waals surface area contributed by atoms with Crippen molar-refractivity contribution in [2.24, 2.45) is 0 Å². The summed E-state index contributed by atoms with van der Waals surface area (Å²) in [5.74, 6) is -1.76. The summed E-state index contributed by atoms with van der Waals surface area (Å²) >= 11 is 0. The van der Waals surface area contributed by atoms with Crippen LogP contribution < -0.4 is 0 Å². The number of aromatic carboxylic acids is 1. The highest BCUT2D eigenvalue weighted by molar-refractivity contribution is 7.92. The average molecular weight is 313 g/mol. The Hall–Kier alpha value is -1.89. The first-order valence-corrected chi connectivity index (χ1v) is 7.84. The Kier molecular flexibility index (Phi) is 4.78. The van der Waals surface area contributed by atoms with E-state index in [1.807, 2.05) is 0 Å². The summed E-state index contributed by atoms with van der Waals surface area (Å²) < 4.78 is 25.2. The molecule has 0 aromatic heterocycles. The highest BCUT2D eigenvalue weighted by Crippen LogP contribution is 2.25. The Morgan fingerprint density at radius 3 is 2.14 bits per heavy atom. The van der Waals surface area contributed by atoms with Gasteiger partial charge >= 0.3 is 5.97 Å². The molecule has 0 aliphatic carbocycles. The van der Waals surface area contributed by atoms with Crippen LogP contribution >= 0.6 is 0 Å². The number of aryl methyl sites for hydroxylation is 1. The van der Waals surface area contributed by atoms with Gasteiger partial charge in [-0.3, -0.25) is 4.79 Å². The second kappa shape index (κ2) is 5.85. The van der Waals surface area contributed by atoms with Crippen LogP contribution in [-0.4, -0.2) is 49.6 Å². The first-order valence-electron chi connectivity index (χ1n) is 6.29. The van der Waals surface area contributed by atoms with E-state index < -0.39 is 27.0 Å². The summed E-state index contributed by atoms with van der Waals surface area (Å²) in [5, 5.41) is 7.79. The van der Waals surface area contributed by atoms with Gasteiger partial charge in [-0.25, -0.2) is 13.2 Å². The van der Waals surface area contributed by atoms with Gasteiger partial charge in [-0.05, 0) is 44.0 Å². The van der Waals surface area contributed by atoms with Crippen molar-refractivity contribution in [3.63, 3.8) is 0 Å². The van der Waals surface area contributed by atoms with E-state index in [1.165, 1.54) is 32.0 Å². The van der Waals surface area contributed by atoms with Gasteiger partial charge in [0.2, 0.25) is 5.91 Å². The second-order valence-electron chi connectivity index (χ2n) is 5.14. The van der Waals surface area contributed by atoms with E-state index in [4.69, 9.17) is 5.11 Å². The van der Waals surface area contributed by atoms with Crippen molar-refractivity contribution in [1.29, 1.82) is 0 Å². The molecule has 0 spiro atoms. The summed E-state index contributed by atoms with van der Waals surface area (Å²) in [6.45, 7) is 4.54. The van der Waals surface area contributed by atoms with E-state index in [0.29, 0.717) is 11.1 Å². The minimum Gasteiger partial charge on any atom is -0.478 e. The molecule has 7 heteroatoms. The van der Waals surface area contributed by atoms with Gasteiger partial charge in [0.05, 0.1) is 10.5 Å². The predicted molar refractivity (Wildman–Crippen MR) is 78.2 cm³/mol. The van der Waals surface area contributed by atoms with Crippen LogP contribution in [0.1, 0.15) is 28.4 Å². The summed E-state index contributed by atoms with van der Waals surface area (Å²) in [6.07, 6.45) is 0. The molecule has 0 aliphatic heterocycles. The maximum Gasteiger partial charge on any atom is 0.335 e. The lowest BCUT2D eigenvalue weighted by atomic mass is 10.1. The van der Waals surface area contributed by atoms with Crippen LogP contribution in [0.2, 0.25) is 0 Å². The maximum atomic E-state index is 12.6. The zero-order chi connectivity index (χ0) is 16.5. The Labute approximate surface area is 124 Å². The largest absolute Gasteiger partial charge is 0.478 e. The number of rotatable bonds is 4. The van der Waals surface area contributed by atoms with Gasteiger partial charge in [0.25, 0.3) is 0 Å². The van der Waals surface area contributed by atoms with Crippen molar-refractivity contribution < 1.29 is 23.1 Å². The van der Waals surface area contributed by atoms with Crippen molar-refractivity contribution in [2.45, 2.75) is 30.9 Å². The number of carbonyl (C=O) groups is 2. The predicted octanol–water partition coefficient (Wildman–Crippen LogP) is 1.25. The number of carboxylic acids is 1. The molecular weight excluding hydrogens is 294 g/mol. The summed E-state index contributed by atoms with van der Waals surface area (Å²) in [5.41, 5.74) is 0.901. The van der Waals surface area contributed by atoms with Crippen LogP contribution in [0, 0.1) is 13.8 Å². The molecule has 6 nitrogen and oxygen atoms in total. The SMILES string of the molecule is Cc1cc(C(=O)O)cc(S(=O)(=O)C(C)C(=O)N(C)C)c1C. The lowest BCUT2D eigenvalue weighted by Gasteiger charge is -2.19. The molecule has 1 unspecified atom stereocenters. The number of carbonyl (C=O) groups excluding carboxylic acids is 1. The molecule has 21 heavy (non-hydrogen) atoms. The van der Waals surface area contributed by atoms with Crippen molar-refractivity contribution >= 4 is 21.7 Å². The van der Waals surface area contributed by atoms with E-state index in [-0.39, 0.29) is 10.5 Å². The fraction of sp³-hybridized carbons (Fsp3) is 0.429. The van der Waals surface area contributed by atoms with Crippen LogP contribution in [0.4, 0.5) is 0 Å². The minimum atomic E-state index is -3.95. The van der Waals surface area contributed by atoms with Gasteiger partial charge in [-0.15, -0.1) is 0 Å². The zero-order valence-electron chi connectivity index (χ0n) is 12.7. The zero-order valence-corrected chi connectivity index (χ0v) is 13.5. The molecule has 1 atom stereocenters. The van der Waals surface area contributed by atoms with Crippen LogP contribution in [0.25, 0.3) is 0 Å². The number of benzene rings is 1. The van der Waals surface area contributed by atoms with Gasteiger partial charge in [0.15, 0.2) is 9.84 Å². The quantitative estimate of drug-likeness (QED) is 0.903. The smallest absolute Gasteiger partial charge is 0.335 e. The fourth-order valence-electron chi connectivity index (χ4n) is 1.93. The molecule has 0 radical (unpaired) electrons. The Bertz CT molecular complexity index is 692. The number of nitrogens with zero attached hydrogens (tertiary/aromatic N) is 1. The summed E-state index contributed by atoms with van der Waals surface area (Å²) in [6, 6.07) is 2.52. The van der Waals surface area contributed by atoms with E-state index in [2.05, 4.69) is 0 Å². The van der Waals surface area contributed by atoms with Crippen LogP contribution in [0.5, 0.6) is 0 Å². The topological polar surface area (TPSA) is 91.7 Å². The van der Waals surface area contributed by atoms with Crippen molar-refractivity contribution in [1.82, 2.24) is 4.90 Å². The first-order chi connectivity index (χ1) is 9.50. The van der Waals surface area contributed by atoms with Gasteiger partial charge in [-0.1, -0.05) is 0 Å². The number of hydrogen-bond donors (Lipinski definition) is 1.